The molecule has 0 aliphatic heterocycles. The molecule has 0 saturated carbocycles. The maximum atomic E-state index is 5.94. The molecule has 0 amide bonds. The minimum absolute atomic E-state index is 0.758. The van der Waals surface area contributed by atoms with Crippen LogP contribution >= 0.6 is 38.9 Å². The maximum absolute atomic E-state index is 5.94. The van der Waals surface area contributed by atoms with Gasteiger partial charge in [0.05, 0.1) is 10.2 Å². The van der Waals surface area contributed by atoms with Crippen LogP contribution in [-0.4, -0.2) is 4.98 Å². The molecule has 0 radical (unpaired) electrons. The zero-order valence-corrected chi connectivity index (χ0v) is 12.7. The van der Waals surface area contributed by atoms with Crippen LogP contribution in [0.1, 0.15) is 5.56 Å². The highest BCUT2D eigenvalue weighted by Gasteiger charge is 2.11. The number of hydrogen-bond acceptors (Lipinski definition) is 2. The molecule has 0 aliphatic rings. The third-order valence-electron chi connectivity index (χ3n) is 2.87. The molecule has 0 bridgehead atoms. The SMILES string of the molecule is Cc1ccc2nc(Br)sc2c1-c1ccc(Cl)cc1. The molecule has 0 N–H and O–H groups in total. The fraction of sp³-hybridized carbons (Fsp3) is 0.0714. The van der Waals surface area contributed by atoms with Crippen molar-refractivity contribution in [3.8, 4) is 11.1 Å². The largest absolute Gasteiger partial charge is 0.229 e. The fourth-order valence-corrected chi connectivity index (χ4v) is 3.75. The Morgan fingerprint density at radius 2 is 1.83 bits per heavy atom. The average molecular weight is 339 g/mol. The van der Waals surface area contributed by atoms with E-state index in [2.05, 4.69) is 52.1 Å². The van der Waals surface area contributed by atoms with E-state index < -0.39 is 0 Å². The summed E-state index contributed by atoms with van der Waals surface area (Å²) in [4.78, 5) is 4.47. The smallest absolute Gasteiger partial charge is 0.160 e. The van der Waals surface area contributed by atoms with Gasteiger partial charge in [-0.3, -0.25) is 0 Å². The lowest BCUT2D eigenvalue weighted by atomic mass is 10.0. The van der Waals surface area contributed by atoms with Crippen LogP contribution in [0.5, 0.6) is 0 Å². The molecule has 0 aliphatic carbocycles. The molecule has 0 saturated heterocycles. The Balaban J connectivity index is 2.32. The van der Waals surface area contributed by atoms with Gasteiger partial charge in [-0.15, -0.1) is 11.3 Å². The van der Waals surface area contributed by atoms with Gasteiger partial charge >= 0.3 is 0 Å². The zero-order chi connectivity index (χ0) is 12.7. The summed E-state index contributed by atoms with van der Waals surface area (Å²) in [7, 11) is 0. The van der Waals surface area contributed by atoms with Gasteiger partial charge in [-0.1, -0.05) is 29.8 Å². The van der Waals surface area contributed by atoms with Crippen molar-refractivity contribution in [2.24, 2.45) is 0 Å². The molecule has 0 atom stereocenters. The molecule has 90 valence electrons. The van der Waals surface area contributed by atoms with Gasteiger partial charge in [0.15, 0.2) is 3.92 Å². The molecular formula is C14H9BrClNS. The predicted molar refractivity (Wildman–Crippen MR) is 82.5 cm³/mol. The van der Waals surface area contributed by atoms with Crippen LogP contribution in [0.4, 0.5) is 0 Å². The van der Waals surface area contributed by atoms with Gasteiger partial charge in [-0.05, 0) is 52.2 Å². The lowest BCUT2D eigenvalue weighted by Gasteiger charge is -2.07. The fourth-order valence-electron chi connectivity index (χ4n) is 2.04. The molecule has 3 aromatic rings. The van der Waals surface area contributed by atoms with E-state index in [1.165, 1.54) is 21.4 Å². The molecule has 1 aromatic heterocycles. The Labute approximate surface area is 123 Å². The summed E-state index contributed by atoms with van der Waals surface area (Å²) < 4.78 is 2.13. The summed E-state index contributed by atoms with van der Waals surface area (Å²) in [6.07, 6.45) is 0. The minimum atomic E-state index is 0.758. The number of halogens is 2. The van der Waals surface area contributed by atoms with E-state index in [9.17, 15) is 0 Å². The number of fused-ring (bicyclic) bond motifs is 1. The molecule has 0 spiro atoms. The van der Waals surface area contributed by atoms with E-state index in [0.717, 1.165) is 14.5 Å². The zero-order valence-electron chi connectivity index (χ0n) is 9.58. The van der Waals surface area contributed by atoms with Crippen molar-refractivity contribution in [2.45, 2.75) is 6.92 Å². The van der Waals surface area contributed by atoms with E-state index in [1.807, 2.05) is 12.1 Å². The Morgan fingerprint density at radius 3 is 2.56 bits per heavy atom. The van der Waals surface area contributed by atoms with Gasteiger partial charge < -0.3 is 0 Å². The number of hydrogen-bond donors (Lipinski definition) is 0. The number of rotatable bonds is 1. The van der Waals surface area contributed by atoms with Crippen molar-refractivity contribution in [3.63, 3.8) is 0 Å². The molecule has 1 heterocycles. The molecule has 4 heteroatoms. The van der Waals surface area contributed by atoms with Crippen molar-refractivity contribution in [2.75, 3.05) is 0 Å². The second-order valence-corrected chi connectivity index (χ2v) is 6.79. The minimum Gasteiger partial charge on any atom is -0.229 e. The van der Waals surface area contributed by atoms with Crippen LogP contribution in [0, 0.1) is 6.92 Å². The van der Waals surface area contributed by atoms with E-state index in [0.29, 0.717) is 0 Å². The van der Waals surface area contributed by atoms with Crippen LogP contribution in [0.25, 0.3) is 21.3 Å². The molecule has 2 aromatic carbocycles. The molecular weight excluding hydrogens is 330 g/mol. The highest BCUT2D eigenvalue weighted by molar-refractivity contribution is 9.11. The summed E-state index contributed by atoms with van der Waals surface area (Å²) >= 11 is 11.1. The van der Waals surface area contributed by atoms with E-state index in [1.54, 1.807) is 11.3 Å². The first-order valence-electron chi connectivity index (χ1n) is 5.47. The van der Waals surface area contributed by atoms with Gasteiger partial charge in [0, 0.05) is 10.6 Å². The monoisotopic (exact) mass is 337 g/mol. The van der Waals surface area contributed by atoms with Gasteiger partial charge in [-0.2, -0.15) is 0 Å². The molecule has 1 nitrogen and oxygen atoms in total. The van der Waals surface area contributed by atoms with Crippen molar-refractivity contribution in [3.05, 3.63) is 50.9 Å². The molecule has 0 fully saturated rings. The summed E-state index contributed by atoms with van der Waals surface area (Å²) in [6.45, 7) is 2.12. The van der Waals surface area contributed by atoms with Crippen molar-refractivity contribution < 1.29 is 0 Å². The van der Waals surface area contributed by atoms with E-state index in [4.69, 9.17) is 11.6 Å². The Kier molecular flexibility index (Phi) is 3.14. The van der Waals surface area contributed by atoms with Crippen LogP contribution in [0.3, 0.4) is 0 Å². The van der Waals surface area contributed by atoms with E-state index >= 15 is 0 Å². The van der Waals surface area contributed by atoms with Crippen LogP contribution in [0.2, 0.25) is 5.02 Å². The number of aryl methyl sites for hydroxylation is 1. The first kappa shape index (κ1) is 12.2. The third-order valence-corrected chi connectivity index (χ3v) is 4.66. The Bertz CT molecular complexity index is 718. The van der Waals surface area contributed by atoms with Crippen LogP contribution in [-0.2, 0) is 0 Å². The van der Waals surface area contributed by atoms with Gasteiger partial charge in [0.2, 0.25) is 0 Å². The lowest BCUT2D eigenvalue weighted by Crippen LogP contribution is -1.83. The number of aromatic nitrogens is 1. The topological polar surface area (TPSA) is 12.9 Å². The molecule has 3 rings (SSSR count). The van der Waals surface area contributed by atoms with Crippen molar-refractivity contribution >= 4 is 49.1 Å². The van der Waals surface area contributed by atoms with Crippen molar-refractivity contribution in [1.82, 2.24) is 4.98 Å². The average Bonchev–Trinajstić information content (AvgIpc) is 2.71. The number of thiazole rings is 1. The van der Waals surface area contributed by atoms with Crippen molar-refractivity contribution in [1.29, 1.82) is 0 Å². The summed E-state index contributed by atoms with van der Waals surface area (Å²) in [5, 5.41) is 0.758. The second kappa shape index (κ2) is 4.65. The summed E-state index contributed by atoms with van der Waals surface area (Å²) in [5.41, 5.74) is 4.70. The van der Waals surface area contributed by atoms with Gasteiger partial charge in [0.1, 0.15) is 0 Å². The van der Waals surface area contributed by atoms with Gasteiger partial charge in [0.25, 0.3) is 0 Å². The summed E-state index contributed by atoms with van der Waals surface area (Å²) in [6, 6.07) is 12.1. The maximum Gasteiger partial charge on any atom is 0.160 e. The Morgan fingerprint density at radius 1 is 1.11 bits per heavy atom. The standard InChI is InChI=1S/C14H9BrClNS/c1-8-2-7-11-13(18-14(15)17-11)12(8)9-3-5-10(16)6-4-9/h2-7H,1H3. The normalized spacial score (nSPS) is 11.1. The predicted octanol–water partition coefficient (Wildman–Crippen LogP) is 5.69. The van der Waals surface area contributed by atoms with Crippen LogP contribution in [0.15, 0.2) is 40.3 Å². The Hall–Kier alpha value is -0.900. The number of nitrogens with zero attached hydrogens (tertiary/aromatic N) is 1. The van der Waals surface area contributed by atoms with E-state index in [-0.39, 0.29) is 0 Å². The second-order valence-electron chi connectivity index (χ2n) is 4.08. The first-order chi connectivity index (χ1) is 8.65. The van der Waals surface area contributed by atoms with Gasteiger partial charge in [-0.25, -0.2) is 4.98 Å². The highest BCUT2D eigenvalue weighted by atomic mass is 79.9. The van der Waals surface area contributed by atoms with Crippen LogP contribution < -0.4 is 0 Å². The lowest BCUT2D eigenvalue weighted by molar-refractivity contribution is 1.43. The molecule has 18 heavy (non-hydrogen) atoms. The summed E-state index contributed by atoms with van der Waals surface area (Å²) in [5.74, 6) is 0. The first-order valence-corrected chi connectivity index (χ1v) is 7.45. The molecule has 0 unspecified atom stereocenters. The number of benzene rings is 2. The third kappa shape index (κ3) is 2.07. The quantitative estimate of drug-likeness (QED) is 0.555. The highest BCUT2D eigenvalue weighted by Crippen LogP contribution is 2.37.